The van der Waals surface area contributed by atoms with Gasteiger partial charge in [-0.1, -0.05) is 39.0 Å². The number of anilines is 1. The lowest BCUT2D eigenvalue weighted by Gasteiger charge is -2.27. The maximum atomic E-state index is 4.59. The largest absolute Gasteiger partial charge is 0.370 e. The summed E-state index contributed by atoms with van der Waals surface area (Å²) < 4.78 is 0. The second-order valence-corrected chi connectivity index (χ2v) is 7.51. The van der Waals surface area contributed by atoms with Crippen LogP contribution in [0.1, 0.15) is 20.8 Å². The normalized spacial score (nSPS) is 28.8. The summed E-state index contributed by atoms with van der Waals surface area (Å²) in [6.45, 7) is 9.59. The fourth-order valence-corrected chi connectivity index (χ4v) is 4.25. The van der Waals surface area contributed by atoms with E-state index in [-0.39, 0.29) is 0 Å². The molecule has 4 rings (SSSR count). The van der Waals surface area contributed by atoms with Gasteiger partial charge >= 0.3 is 0 Å². The molecule has 1 saturated carbocycles. The maximum Gasteiger partial charge on any atom is 0.0703 e. The highest BCUT2D eigenvalue weighted by Crippen LogP contribution is 2.60. The van der Waals surface area contributed by atoms with E-state index >= 15 is 0 Å². The van der Waals surface area contributed by atoms with Gasteiger partial charge in [0, 0.05) is 18.5 Å². The molecule has 0 bridgehead atoms. The van der Waals surface area contributed by atoms with Crippen LogP contribution in [-0.4, -0.2) is 18.1 Å². The Morgan fingerprint density at radius 2 is 1.80 bits per heavy atom. The van der Waals surface area contributed by atoms with Crippen LogP contribution in [0.4, 0.5) is 5.69 Å². The summed E-state index contributed by atoms with van der Waals surface area (Å²) in [5.74, 6) is 2.73. The Morgan fingerprint density at radius 1 is 1.10 bits per heavy atom. The minimum atomic E-state index is 0.475. The summed E-state index contributed by atoms with van der Waals surface area (Å²) in [6, 6.07) is 10.7. The van der Waals surface area contributed by atoms with Crippen LogP contribution in [0.3, 0.4) is 0 Å². The first kappa shape index (κ1) is 12.2. The van der Waals surface area contributed by atoms with Crippen molar-refractivity contribution in [3.05, 3.63) is 36.5 Å². The van der Waals surface area contributed by atoms with Crippen molar-refractivity contribution in [1.29, 1.82) is 0 Å². The molecular formula is C18H22N2. The van der Waals surface area contributed by atoms with Crippen LogP contribution in [0, 0.1) is 23.2 Å². The van der Waals surface area contributed by atoms with Gasteiger partial charge in [0.2, 0.25) is 0 Å². The summed E-state index contributed by atoms with van der Waals surface area (Å²) in [7, 11) is 0. The molecule has 2 unspecified atom stereocenters. The molecule has 2 aromatic rings. The van der Waals surface area contributed by atoms with Crippen molar-refractivity contribution in [3.8, 4) is 0 Å². The topological polar surface area (TPSA) is 16.1 Å². The molecule has 1 aliphatic carbocycles. The van der Waals surface area contributed by atoms with Gasteiger partial charge in [0.1, 0.15) is 0 Å². The number of benzene rings is 1. The van der Waals surface area contributed by atoms with Crippen molar-refractivity contribution in [2.75, 3.05) is 18.0 Å². The van der Waals surface area contributed by atoms with E-state index in [1.54, 1.807) is 0 Å². The molecule has 2 aliphatic rings. The lowest BCUT2D eigenvalue weighted by Crippen LogP contribution is -2.27. The number of pyridine rings is 1. The van der Waals surface area contributed by atoms with E-state index in [9.17, 15) is 0 Å². The van der Waals surface area contributed by atoms with Crippen molar-refractivity contribution >= 4 is 16.6 Å². The molecule has 2 heterocycles. The lowest BCUT2D eigenvalue weighted by atomic mass is 9.87. The van der Waals surface area contributed by atoms with Crippen molar-refractivity contribution in [2.24, 2.45) is 23.2 Å². The SMILES string of the molecule is CC(C)(C)C1C2CN(c3cnc4ccccc4c3)CC21. The number of para-hydroxylation sites is 1. The van der Waals surface area contributed by atoms with E-state index in [1.807, 2.05) is 12.3 Å². The van der Waals surface area contributed by atoms with Gasteiger partial charge in [-0.15, -0.1) is 0 Å². The van der Waals surface area contributed by atoms with Gasteiger partial charge in [-0.25, -0.2) is 0 Å². The van der Waals surface area contributed by atoms with Crippen LogP contribution in [0.15, 0.2) is 36.5 Å². The highest BCUT2D eigenvalue weighted by molar-refractivity contribution is 5.81. The molecule has 104 valence electrons. The average molecular weight is 266 g/mol. The minimum Gasteiger partial charge on any atom is -0.370 e. The fraction of sp³-hybridized carbons (Fsp3) is 0.500. The third-order valence-electron chi connectivity index (χ3n) is 5.14. The Balaban J connectivity index is 1.55. The van der Waals surface area contributed by atoms with Crippen molar-refractivity contribution in [2.45, 2.75) is 20.8 Å². The molecule has 1 saturated heterocycles. The van der Waals surface area contributed by atoms with Crippen LogP contribution in [-0.2, 0) is 0 Å². The number of nitrogens with zero attached hydrogens (tertiary/aromatic N) is 2. The van der Waals surface area contributed by atoms with Crippen LogP contribution in [0.2, 0.25) is 0 Å². The Kier molecular flexibility index (Phi) is 2.42. The zero-order chi connectivity index (χ0) is 13.9. The molecule has 0 N–H and O–H groups in total. The zero-order valence-electron chi connectivity index (χ0n) is 12.5. The van der Waals surface area contributed by atoms with Gasteiger partial charge in [0.15, 0.2) is 0 Å². The summed E-state index contributed by atoms with van der Waals surface area (Å²) in [6.07, 6.45) is 2.04. The molecule has 2 heteroatoms. The van der Waals surface area contributed by atoms with Gasteiger partial charge < -0.3 is 4.90 Å². The van der Waals surface area contributed by atoms with Crippen LogP contribution >= 0.6 is 0 Å². The van der Waals surface area contributed by atoms with Crippen LogP contribution in [0.25, 0.3) is 10.9 Å². The van der Waals surface area contributed by atoms with Crippen LogP contribution in [0.5, 0.6) is 0 Å². The number of hydrogen-bond donors (Lipinski definition) is 0. The lowest BCUT2D eigenvalue weighted by molar-refractivity contribution is 0.309. The quantitative estimate of drug-likeness (QED) is 0.776. The average Bonchev–Trinajstić information content (AvgIpc) is 2.96. The molecule has 0 spiro atoms. The summed E-state index contributed by atoms with van der Waals surface area (Å²) in [5, 5.41) is 1.25. The molecule has 1 aromatic heterocycles. The molecule has 0 radical (unpaired) electrons. The molecule has 1 aliphatic heterocycles. The first-order valence-corrected chi connectivity index (χ1v) is 7.64. The van der Waals surface area contributed by atoms with E-state index in [4.69, 9.17) is 0 Å². The predicted octanol–water partition coefficient (Wildman–Crippen LogP) is 3.96. The molecular weight excluding hydrogens is 244 g/mol. The molecule has 20 heavy (non-hydrogen) atoms. The fourth-order valence-electron chi connectivity index (χ4n) is 4.25. The molecule has 2 nitrogen and oxygen atoms in total. The van der Waals surface area contributed by atoms with Gasteiger partial charge in [0.25, 0.3) is 0 Å². The Labute approximate surface area is 120 Å². The first-order valence-electron chi connectivity index (χ1n) is 7.64. The Hall–Kier alpha value is -1.57. The molecule has 2 fully saturated rings. The van der Waals surface area contributed by atoms with E-state index < -0.39 is 0 Å². The highest BCUT2D eigenvalue weighted by atomic mass is 15.2. The van der Waals surface area contributed by atoms with Gasteiger partial charge in [0.05, 0.1) is 17.4 Å². The second kappa shape index (κ2) is 3.97. The minimum absolute atomic E-state index is 0.475. The van der Waals surface area contributed by atoms with Crippen molar-refractivity contribution in [3.63, 3.8) is 0 Å². The highest BCUT2D eigenvalue weighted by Gasteiger charge is 2.59. The first-order chi connectivity index (χ1) is 9.54. The van der Waals surface area contributed by atoms with E-state index in [0.717, 1.165) is 23.3 Å². The smallest absolute Gasteiger partial charge is 0.0703 e. The van der Waals surface area contributed by atoms with Crippen molar-refractivity contribution < 1.29 is 0 Å². The maximum absolute atomic E-state index is 4.59. The molecule has 1 aromatic carbocycles. The zero-order valence-corrected chi connectivity index (χ0v) is 12.5. The van der Waals surface area contributed by atoms with Gasteiger partial charge in [-0.2, -0.15) is 0 Å². The monoisotopic (exact) mass is 266 g/mol. The standard InChI is InChI=1S/C18H22N2/c1-18(2,3)17-14-10-20(11-15(14)17)13-8-12-6-4-5-7-16(12)19-9-13/h4-9,14-15,17H,10-11H2,1-3H3. The number of piperidine rings is 1. The predicted molar refractivity (Wildman–Crippen MR) is 83.9 cm³/mol. The number of aromatic nitrogens is 1. The van der Waals surface area contributed by atoms with E-state index in [0.29, 0.717) is 5.41 Å². The number of rotatable bonds is 1. The second-order valence-electron chi connectivity index (χ2n) is 7.51. The van der Waals surface area contributed by atoms with Gasteiger partial charge in [-0.05, 0) is 35.3 Å². The molecule has 2 atom stereocenters. The van der Waals surface area contributed by atoms with E-state index in [1.165, 1.54) is 24.2 Å². The Morgan fingerprint density at radius 3 is 2.50 bits per heavy atom. The summed E-state index contributed by atoms with van der Waals surface area (Å²) >= 11 is 0. The third-order valence-corrected chi connectivity index (χ3v) is 5.14. The van der Waals surface area contributed by atoms with Crippen LogP contribution < -0.4 is 4.90 Å². The third kappa shape index (κ3) is 1.81. The summed E-state index contributed by atoms with van der Waals surface area (Å²) in [5.41, 5.74) is 2.86. The Bertz CT molecular complexity index is 644. The molecule has 0 amide bonds. The number of hydrogen-bond acceptors (Lipinski definition) is 2. The summed E-state index contributed by atoms with van der Waals surface area (Å²) in [4.78, 5) is 7.12. The van der Waals surface area contributed by atoms with E-state index in [2.05, 4.69) is 54.9 Å². The number of fused-ring (bicyclic) bond motifs is 2. The van der Waals surface area contributed by atoms with Crippen molar-refractivity contribution in [1.82, 2.24) is 4.98 Å². The van der Waals surface area contributed by atoms with Gasteiger partial charge in [-0.3, -0.25) is 4.98 Å².